The first kappa shape index (κ1) is 20.9. The highest BCUT2D eigenvalue weighted by Crippen LogP contribution is 2.63. The van der Waals surface area contributed by atoms with E-state index in [0.717, 1.165) is 64.6 Å². The number of esters is 1. The van der Waals surface area contributed by atoms with Gasteiger partial charge in [-0.15, -0.1) is 0 Å². The van der Waals surface area contributed by atoms with Gasteiger partial charge in [-0.25, -0.2) is 4.79 Å². The average Bonchev–Trinajstić information content (AvgIpc) is 2.60. The molecule has 0 aromatic carbocycles. The van der Waals surface area contributed by atoms with Gasteiger partial charge in [0, 0.05) is 37.7 Å². The molecule has 2 saturated heterocycles. The van der Waals surface area contributed by atoms with Gasteiger partial charge in [0.05, 0.1) is 48.8 Å². The third-order valence-corrected chi connectivity index (χ3v) is 8.10. The monoisotopic (exact) mass is 420 g/mol. The van der Waals surface area contributed by atoms with Crippen molar-refractivity contribution in [2.45, 2.75) is 100 Å². The lowest BCUT2D eigenvalue weighted by molar-refractivity contribution is -0.307. The van der Waals surface area contributed by atoms with Gasteiger partial charge >= 0.3 is 5.97 Å². The van der Waals surface area contributed by atoms with E-state index in [9.17, 15) is 4.79 Å². The first-order chi connectivity index (χ1) is 14.1. The van der Waals surface area contributed by atoms with Crippen molar-refractivity contribution < 1.29 is 28.5 Å². The van der Waals surface area contributed by atoms with E-state index in [4.69, 9.17) is 23.7 Å². The predicted molar refractivity (Wildman–Crippen MR) is 110 cm³/mol. The lowest BCUT2D eigenvalue weighted by atomic mass is 9.50. The van der Waals surface area contributed by atoms with Crippen LogP contribution in [0.2, 0.25) is 0 Å². The van der Waals surface area contributed by atoms with E-state index in [2.05, 4.69) is 20.4 Å². The van der Waals surface area contributed by atoms with Crippen LogP contribution in [-0.2, 0) is 28.5 Å². The average molecular weight is 421 g/mol. The van der Waals surface area contributed by atoms with Crippen LogP contribution in [-0.4, -0.2) is 60.4 Å². The van der Waals surface area contributed by atoms with Crippen molar-refractivity contribution in [3.05, 3.63) is 12.2 Å². The van der Waals surface area contributed by atoms with Crippen LogP contribution in [0.25, 0.3) is 0 Å². The second-order valence-corrected chi connectivity index (χ2v) is 11.4. The van der Waals surface area contributed by atoms with Gasteiger partial charge in [-0.2, -0.15) is 0 Å². The maximum Gasteiger partial charge on any atom is 0.333 e. The summed E-state index contributed by atoms with van der Waals surface area (Å²) in [4.78, 5) is 12.5. The second kappa shape index (κ2) is 6.77. The summed E-state index contributed by atoms with van der Waals surface area (Å²) in [6, 6.07) is 0. The van der Waals surface area contributed by atoms with Crippen LogP contribution >= 0.6 is 0 Å². The highest BCUT2D eigenvalue weighted by molar-refractivity contribution is 5.87. The minimum atomic E-state index is -0.530. The Labute approximate surface area is 179 Å². The Morgan fingerprint density at radius 1 is 0.900 bits per heavy atom. The quantitative estimate of drug-likeness (QED) is 0.441. The third kappa shape index (κ3) is 3.64. The molecule has 6 rings (SSSR count). The van der Waals surface area contributed by atoms with Gasteiger partial charge < -0.3 is 23.7 Å². The van der Waals surface area contributed by atoms with Gasteiger partial charge in [-0.3, -0.25) is 0 Å². The number of rotatable bonds is 8. The molecule has 6 heteroatoms. The van der Waals surface area contributed by atoms with Crippen molar-refractivity contribution >= 4 is 5.97 Å². The molecule has 0 N–H and O–H groups in total. The summed E-state index contributed by atoms with van der Waals surface area (Å²) < 4.78 is 31.0. The van der Waals surface area contributed by atoms with Crippen LogP contribution in [0.1, 0.15) is 72.1 Å². The molecule has 4 atom stereocenters. The Morgan fingerprint density at radius 3 is 1.73 bits per heavy atom. The van der Waals surface area contributed by atoms with Crippen LogP contribution in [0.15, 0.2) is 12.2 Å². The molecule has 4 aliphatic carbocycles. The molecule has 0 spiro atoms. The first-order valence-electron chi connectivity index (χ1n) is 11.5. The maximum atomic E-state index is 12.5. The van der Waals surface area contributed by atoms with Crippen LogP contribution < -0.4 is 0 Å². The van der Waals surface area contributed by atoms with E-state index in [1.165, 1.54) is 0 Å². The Balaban J connectivity index is 1.39. The maximum absolute atomic E-state index is 12.5. The minimum Gasteiger partial charge on any atom is -0.455 e. The van der Waals surface area contributed by atoms with Gasteiger partial charge in [-0.1, -0.05) is 6.58 Å². The lowest BCUT2D eigenvalue weighted by Crippen LogP contribution is -2.69. The Bertz CT molecular complexity index is 696. The summed E-state index contributed by atoms with van der Waals surface area (Å²) in [7, 11) is 0. The van der Waals surface area contributed by atoms with Crippen molar-refractivity contribution in [3.8, 4) is 0 Å². The van der Waals surface area contributed by atoms with Crippen molar-refractivity contribution in [2.24, 2.45) is 5.92 Å². The van der Waals surface area contributed by atoms with E-state index in [1.54, 1.807) is 6.92 Å². The summed E-state index contributed by atoms with van der Waals surface area (Å²) in [5.41, 5.74) is -1.10. The molecule has 4 unspecified atom stereocenters. The van der Waals surface area contributed by atoms with Crippen LogP contribution in [0.5, 0.6) is 0 Å². The van der Waals surface area contributed by atoms with Gasteiger partial charge in [-0.05, 0) is 46.0 Å². The third-order valence-electron chi connectivity index (χ3n) is 8.10. The fraction of sp³-hybridized carbons (Fsp3) is 0.875. The highest BCUT2D eigenvalue weighted by Gasteiger charge is 2.67. The van der Waals surface area contributed by atoms with Crippen LogP contribution in [0, 0.1) is 5.92 Å². The van der Waals surface area contributed by atoms with Gasteiger partial charge in [0.15, 0.2) is 0 Å². The van der Waals surface area contributed by atoms with E-state index < -0.39 is 5.60 Å². The van der Waals surface area contributed by atoms with Crippen LogP contribution in [0.3, 0.4) is 0 Å². The normalized spacial score (nSPS) is 48.7. The molecule has 0 amide bonds. The SMILES string of the molecule is C=C(C)C(=O)OC12CC3CC(OCC4(C)CCO4)(CC(OCC4(C)CCO4)(C3)C1)C2. The van der Waals surface area contributed by atoms with Crippen molar-refractivity contribution in [2.75, 3.05) is 26.4 Å². The zero-order chi connectivity index (χ0) is 21.3. The summed E-state index contributed by atoms with van der Waals surface area (Å²) >= 11 is 0. The lowest BCUT2D eigenvalue weighted by Gasteiger charge is -2.65. The summed E-state index contributed by atoms with van der Waals surface area (Å²) in [6.45, 7) is 12.5. The number of carbonyl (C=O) groups excluding carboxylic acids is 1. The molecule has 6 nitrogen and oxygen atoms in total. The molecule has 0 aromatic heterocycles. The predicted octanol–water partition coefficient (Wildman–Crippen LogP) is 3.71. The van der Waals surface area contributed by atoms with Crippen molar-refractivity contribution in [1.82, 2.24) is 0 Å². The molecule has 30 heavy (non-hydrogen) atoms. The zero-order valence-corrected chi connectivity index (χ0v) is 18.7. The summed E-state index contributed by atoms with van der Waals surface area (Å²) in [5.74, 6) is 0.134. The molecule has 2 aliphatic heterocycles. The van der Waals surface area contributed by atoms with E-state index >= 15 is 0 Å². The number of carbonyl (C=O) groups is 1. The van der Waals surface area contributed by atoms with Crippen molar-refractivity contribution in [3.63, 3.8) is 0 Å². The highest BCUT2D eigenvalue weighted by atomic mass is 16.6. The number of ether oxygens (including phenoxy) is 5. The standard InChI is InChI=1S/C24H36O6/c1-17(2)19(25)30-24-11-18-9-22(13-24,28-15-20(3)5-7-26-20)12-23(10-18,14-24)29-16-21(4)6-8-27-21/h18H,1,5-16H2,2-4H3. The summed E-state index contributed by atoms with van der Waals surface area (Å²) in [6.07, 6.45) is 7.30. The Morgan fingerprint density at radius 2 is 1.33 bits per heavy atom. The van der Waals surface area contributed by atoms with E-state index in [1.807, 2.05) is 0 Å². The minimum absolute atomic E-state index is 0.188. The smallest absolute Gasteiger partial charge is 0.333 e. The van der Waals surface area contributed by atoms with Gasteiger partial charge in [0.2, 0.25) is 0 Å². The van der Waals surface area contributed by atoms with E-state index in [0.29, 0.717) is 24.7 Å². The number of hydrogen-bond donors (Lipinski definition) is 0. The number of hydrogen-bond acceptors (Lipinski definition) is 6. The zero-order valence-electron chi connectivity index (χ0n) is 18.7. The van der Waals surface area contributed by atoms with Crippen LogP contribution in [0.4, 0.5) is 0 Å². The molecule has 4 saturated carbocycles. The molecule has 0 radical (unpaired) electrons. The molecular formula is C24H36O6. The molecule has 6 fully saturated rings. The van der Waals surface area contributed by atoms with Gasteiger partial charge in [0.1, 0.15) is 5.60 Å². The summed E-state index contributed by atoms with van der Waals surface area (Å²) in [5, 5.41) is 0. The molecule has 6 aliphatic rings. The second-order valence-electron chi connectivity index (χ2n) is 11.4. The largest absolute Gasteiger partial charge is 0.455 e. The molecular weight excluding hydrogens is 384 g/mol. The van der Waals surface area contributed by atoms with E-state index in [-0.39, 0.29) is 28.4 Å². The fourth-order valence-corrected chi connectivity index (χ4v) is 6.64. The fourth-order valence-electron chi connectivity index (χ4n) is 6.64. The van der Waals surface area contributed by atoms with Crippen molar-refractivity contribution in [1.29, 1.82) is 0 Å². The molecule has 168 valence electrons. The molecule has 2 heterocycles. The van der Waals surface area contributed by atoms with Gasteiger partial charge in [0.25, 0.3) is 0 Å². The molecule has 4 bridgehead atoms. The first-order valence-corrected chi connectivity index (χ1v) is 11.5. The Kier molecular flexibility index (Phi) is 4.72. The topological polar surface area (TPSA) is 63.2 Å². The molecule has 0 aromatic rings. The Hall–Kier alpha value is -0.950.